The van der Waals surface area contributed by atoms with Gasteiger partial charge in [0.25, 0.3) is 0 Å². The highest BCUT2D eigenvalue weighted by Gasteiger charge is 2.37. The molecule has 25 heavy (non-hydrogen) atoms. The lowest BCUT2D eigenvalue weighted by atomic mass is 10.2. The molecule has 0 saturated heterocycles. The molecule has 1 saturated carbocycles. The zero-order valence-electron chi connectivity index (χ0n) is 13.5. The third-order valence-corrected chi connectivity index (χ3v) is 5.55. The summed E-state index contributed by atoms with van der Waals surface area (Å²) in [6.45, 7) is 1.44. The quantitative estimate of drug-likeness (QED) is 0.663. The van der Waals surface area contributed by atoms with Crippen molar-refractivity contribution < 1.29 is 26.4 Å². The van der Waals surface area contributed by atoms with Crippen LogP contribution in [0.2, 0.25) is 0 Å². The van der Waals surface area contributed by atoms with Crippen molar-refractivity contribution in [2.75, 3.05) is 6.54 Å². The Hall–Kier alpha value is -1.65. The van der Waals surface area contributed by atoms with Crippen LogP contribution in [0.3, 0.4) is 0 Å². The van der Waals surface area contributed by atoms with Gasteiger partial charge in [-0.25, -0.2) is 8.42 Å². The van der Waals surface area contributed by atoms with E-state index >= 15 is 0 Å². The Labute approximate surface area is 144 Å². The van der Waals surface area contributed by atoms with Crippen LogP contribution in [0.5, 0.6) is 0 Å². The summed E-state index contributed by atoms with van der Waals surface area (Å²) in [5.41, 5.74) is 4.55. The predicted octanol–water partition coefficient (Wildman–Crippen LogP) is 1.23. The summed E-state index contributed by atoms with van der Waals surface area (Å²) in [5, 5.41) is 2.51. The van der Waals surface area contributed by atoms with Crippen molar-refractivity contribution in [1.29, 1.82) is 0 Å². The van der Waals surface area contributed by atoms with Crippen LogP contribution in [0.25, 0.3) is 0 Å². The highest BCUT2D eigenvalue weighted by Crippen LogP contribution is 2.34. The number of hydrogen-bond donors (Lipinski definition) is 3. The van der Waals surface area contributed by atoms with Gasteiger partial charge < -0.3 is 11.1 Å². The summed E-state index contributed by atoms with van der Waals surface area (Å²) >= 11 is 0. The standard InChI is InChI=1S/C15H20F3N3O3S/c1-9(14(22)20-8-12(19)10-6-7-10)21-25(23,24)13-5-3-2-4-11(13)15(16,17)18/h2-5,9-10,12,21H,6-8,19H2,1H3,(H,20,22). The van der Waals surface area contributed by atoms with E-state index in [1.807, 2.05) is 4.72 Å². The summed E-state index contributed by atoms with van der Waals surface area (Å²) in [6, 6.07) is 2.35. The maximum Gasteiger partial charge on any atom is 0.417 e. The van der Waals surface area contributed by atoms with Gasteiger partial charge in [0.05, 0.1) is 16.5 Å². The molecule has 6 nitrogen and oxygen atoms in total. The number of hydrogen-bond acceptors (Lipinski definition) is 4. The molecule has 1 fully saturated rings. The van der Waals surface area contributed by atoms with E-state index in [9.17, 15) is 26.4 Å². The number of amides is 1. The second-order valence-electron chi connectivity index (χ2n) is 6.08. The number of halogens is 3. The third kappa shape index (κ3) is 5.16. The summed E-state index contributed by atoms with van der Waals surface area (Å²) in [7, 11) is -4.52. The van der Waals surface area contributed by atoms with E-state index in [0.29, 0.717) is 12.0 Å². The molecule has 1 aliphatic carbocycles. The topological polar surface area (TPSA) is 101 Å². The smallest absolute Gasteiger partial charge is 0.353 e. The zero-order chi connectivity index (χ0) is 18.8. The molecule has 2 rings (SSSR count). The Morgan fingerprint density at radius 2 is 1.92 bits per heavy atom. The van der Waals surface area contributed by atoms with Crippen molar-refractivity contribution in [1.82, 2.24) is 10.0 Å². The number of alkyl halides is 3. The fraction of sp³-hybridized carbons (Fsp3) is 0.533. The van der Waals surface area contributed by atoms with Crippen LogP contribution >= 0.6 is 0 Å². The molecule has 1 aliphatic rings. The van der Waals surface area contributed by atoms with E-state index in [1.165, 1.54) is 13.0 Å². The highest BCUT2D eigenvalue weighted by atomic mass is 32.2. The highest BCUT2D eigenvalue weighted by molar-refractivity contribution is 7.89. The molecule has 140 valence electrons. The van der Waals surface area contributed by atoms with Gasteiger partial charge in [0.1, 0.15) is 0 Å². The van der Waals surface area contributed by atoms with Crippen LogP contribution in [0.1, 0.15) is 25.3 Å². The largest absolute Gasteiger partial charge is 0.417 e. The molecule has 0 aromatic heterocycles. The first-order chi connectivity index (χ1) is 11.5. The molecule has 10 heteroatoms. The molecule has 0 bridgehead atoms. The minimum absolute atomic E-state index is 0.189. The fourth-order valence-corrected chi connectivity index (χ4v) is 3.78. The number of sulfonamides is 1. The van der Waals surface area contributed by atoms with Gasteiger partial charge in [-0.2, -0.15) is 17.9 Å². The van der Waals surface area contributed by atoms with Gasteiger partial charge in [-0.15, -0.1) is 0 Å². The number of carbonyl (C=O) groups is 1. The molecule has 0 heterocycles. The molecule has 0 spiro atoms. The van der Waals surface area contributed by atoms with Crippen molar-refractivity contribution >= 4 is 15.9 Å². The van der Waals surface area contributed by atoms with Crippen LogP contribution < -0.4 is 15.8 Å². The molecule has 0 radical (unpaired) electrons. The normalized spacial score (nSPS) is 17.8. The van der Waals surface area contributed by atoms with Crippen LogP contribution in [-0.4, -0.2) is 33.0 Å². The van der Waals surface area contributed by atoms with E-state index in [2.05, 4.69) is 5.32 Å². The van der Waals surface area contributed by atoms with Crippen LogP contribution in [0.4, 0.5) is 13.2 Å². The molecule has 1 aromatic carbocycles. The number of carbonyl (C=O) groups excluding carboxylic acids is 1. The van der Waals surface area contributed by atoms with E-state index in [1.54, 1.807) is 0 Å². The minimum Gasteiger partial charge on any atom is -0.353 e. The van der Waals surface area contributed by atoms with E-state index < -0.39 is 38.6 Å². The fourth-order valence-electron chi connectivity index (χ4n) is 2.35. The molecular weight excluding hydrogens is 359 g/mol. The van der Waals surface area contributed by atoms with Gasteiger partial charge in [0.15, 0.2) is 0 Å². The number of nitrogens with one attached hydrogen (secondary N) is 2. The Morgan fingerprint density at radius 3 is 2.48 bits per heavy atom. The lowest BCUT2D eigenvalue weighted by Gasteiger charge is -2.18. The first-order valence-electron chi connectivity index (χ1n) is 7.74. The summed E-state index contributed by atoms with van der Waals surface area (Å²) in [4.78, 5) is 11.0. The molecule has 4 N–H and O–H groups in total. The Bertz CT molecular complexity index is 733. The van der Waals surface area contributed by atoms with Crippen LogP contribution in [-0.2, 0) is 21.0 Å². The van der Waals surface area contributed by atoms with E-state index in [0.717, 1.165) is 25.0 Å². The summed E-state index contributed by atoms with van der Waals surface area (Å²) < 4.78 is 65.4. The monoisotopic (exact) mass is 379 g/mol. The summed E-state index contributed by atoms with van der Waals surface area (Å²) in [6.07, 6.45) is -2.84. The molecular formula is C15H20F3N3O3S. The van der Waals surface area contributed by atoms with Crippen molar-refractivity contribution in [3.63, 3.8) is 0 Å². The van der Waals surface area contributed by atoms with Crippen LogP contribution in [0, 0.1) is 5.92 Å². The number of rotatable bonds is 7. The first kappa shape index (κ1) is 19.7. The number of benzene rings is 1. The van der Waals surface area contributed by atoms with Crippen molar-refractivity contribution in [2.45, 2.75) is 42.9 Å². The summed E-state index contributed by atoms with van der Waals surface area (Å²) in [5.74, 6) is -0.296. The molecule has 1 aromatic rings. The molecule has 2 atom stereocenters. The number of nitrogens with two attached hydrogens (primary N) is 1. The molecule has 0 aliphatic heterocycles. The molecule has 1 amide bonds. The average molecular weight is 379 g/mol. The zero-order valence-corrected chi connectivity index (χ0v) is 14.3. The van der Waals surface area contributed by atoms with Gasteiger partial charge in [0.2, 0.25) is 15.9 Å². The maximum absolute atomic E-state index is 13.0. The third-order valence-electron chi connectivity index (χ3n) is 3.95. The Balaban J connectivity index is 2.06. The van der Waals surface area contributed by atoms with Gasteiger partial charge in [0, 0.05) is 12.6 Å². The predicted molar refractivity (Wildman–Crippen MR) is 84.9 cm³/mol. The minimum atomic E-state index is -4.83. The van der Waals surface area contributed by atoms with E-state index in [4.69, 9.17) is 5.73 Å². The molecule has 2 unspecified atom stereocenters. The first-order valence-corrected chi connectivity index (χ1v) is 9.22. The second kappa shape index (κ2) is 7.30. The lowest BCUT2D eigenvalue weighted by molar-refractivity contribution is -0.139. The van der Waals surface area contributed by atoms with Gasteiger partial charge in [-0.3, -0.25) is 4.79 Å². The Morgan fingerprint density at radius 1 is 1.32 bits per heavy atom. The van der Waals surface area contributed by atoms with Gasteiger partial charge in [-0.05, 0) is 37.8 Å². The van der Waals surface area contributed by atoms with Crippen molar-refractivity contribution in [3.8, 4) is 0 Å². The van der Waals surface area contributed by atoms with Crippen LogP contribution in [0.15, 0.2) is 29.2 Å². The Kier molecular flexibility index (Phi) is 5.75. The average Bonchev–Trinajstić information content (AvgIpc) is 3.35. The van der Waals surface area contributed by atoms with E-state index in [-0.39, 0.29) is 12.6 Å². The lowest BCUT2D eigenvalue weighted by Crippen LogP contribution is -2.48. The van der Waals surface area contributed by atoms with Crippen molar-refractivity contribution in [3.05, 3.63) is 29.8 Å². The maximum atomic E-state index is 13.0. The SMILES string of the molecule is CC(NS(=O)(=O)c1ccccc1C(F)(F)F)C(=O)NCC(N)C1CC1. The second-order valence-corrected chi connectivity index (χ2v) is 7.77. The van der Waals surface area contributed by atoms with Gasteiger partial charge >= 0.3 is 6.18 Å². The van der Waals surface area contributed by atoms with Crippen molar-refractivity contribution in [2.24, 2.45) is 11.7 Å². The van der Waals surface area contributed by atoms with Gasteiger partial charge in [-0.1, -0.05) is 12.1 Å².